The first kappa shape index (κ1) is 25.8. The van der Waals surface area contributed by atoms with E-state index in [9.17, 15) is 13.2 Å². The number of amides is 1. The van der Waals surface area contributed by atoms with Crippen LogP contribution in [-0.4, -0.2) is 25.8 Å². The summed E-state index contributed by atoms with van der Waals surface area (Å²) in [7, 11) is -4.09. The Morgan fingerprint density at radius 3 is 1.75 bits per heavy atom. The number of carbonyl (C=O) groups excluding carboxylic acids is 1. The summed E-state index contributed by atoms with van der Waals surface area (Å²) in [4.78, 5) is 15.4. The predicted octanol–water partition coefficient (Wildman–Crippen LogP) is 6.42. The fourth-order valence-electron chi connectivity index (χ4n) is 3.74. The van der Waals surface area contributed by atoms with Crippen molar-refractivity contribution >= 4 is 44.8 Å². The van der Waals surface area contributed by atoms with Crippen LogP contribution >= 0.6 is 23.2 Å². The van der Waals surface area contributed by atoms with E-state index in [1.54, 1.807) is 23.1 Å². The molecule has 0 heterocycles. The molecular formula is C28H24Cl2N2O3S. The summed E-state index contributed by atoms with van der Waals surface area (Å²) >= 11 is 12.2. The van der Waals surface area contributed by atoms with Crippen molar-refractivity contribution in [3.63, 3.8) is 0 Å². The molecule has 4 rings (SSSR count). The fraction of sp³-hybridized carbons (Fsp3) is 0.107. The highest BCUT2D eigenvalue weighted by atomic mass is 35.5. The summed E-state index contributed by atoms with van der Waals surface area (Å²) in [6.07, 6.45) is 0. The highest BCUT2D eigenvalue weighted by molar-refractivity contribution is 7.92. The average molecular weight is 539 g/mol. The van der Waals surface area contributed by atoms with Crippen LogP contribution in [0, 0.1) is 0 Å². The number of halogens is 2. The van der Waals surface area contributed by atoms with Gasteiger partial charge in [-0.2, -0.15) is 0 Å². The lowest BCUT2D eigenvalue weighted by Crippen LogP contribution is -2.42. The van der Waals surface area contributed by atoms with Crippen LogP contribution in [0.15, 0.2) is 114 Å². The van der Waals surface area contributed by atoms with E-state index in [1.807, 2.05) is 60.7 Å². The molecule has 0 aliphatic heterocycles. The summed E-state index contributed by atoms with van der Waals surface area (Å²) in [5, 5.41) is 0.776. The zero-order chi connectivity index (χ0) is 25.5. The molecule has 36 heavy (non-hydrogen) atoms. The van der Waals surface area contributed by atoms with Crippen molar-refractivity contribution in [1.29, 1.82) is 0 Å². The molecule has 0 unspecified atom stereocenters. The normalized spacial score (nSPS) is 11.2. The smallest absolute Gasteiger partial charge is 0.264 e. The molecule has 4 aromatic carbocycles. The maximum atomic E-state index is 13.7. The molecule has 0 radical (unpaired) electrons. The standard InChI is InChI=1S/C28H24Cl2N2O3S/c29-24-14-16-27(17-15-24)36(34,35)32(26-13-7-12-25(30)18-26)21-28(33)31(19-22-8-3-1-4-9-22)20-23-10-5-2-6-11-23/h1-18H,19-21H2. The van der Waals surface area contributed by atoms with Gasteiger partial charge in [-0.1, -0.05) is 89.9 Å². The van der Waals surface area contributed by atoms with Crippen LogP contribution in [0.25, 0.3) is 0 Å². The van der Waals surface area contributed by atoms with E-state index in [-0.39, 0.29) is 10.8 Å². The molecular weight excluding hydrogens is 515 g/mol. The van der Waals surface area contributed by atoms with Gasteiger partial charge >= 0.3 is 0 Å². The Labute approximate surface area is 221 Å². The number of rotatable bonds is 9. The van der Waals surface area contributed by atoms with E-state index in [0.29, 0.717) is 28.8 Å². The lowest BCUT2D eigenvalue weighted by atomic mass is 10.1. The van der Waals surface area contributed by atoms with Crippen molar-refractivity contribution in [1.82, 2.24) is 4.90 Å². The maximum absolute atomic E-state index is 13.7. The molecule has 0 fully saturated rings. The van der Waals surface area contributed by atoms with Gasteiger partial charge in [0.1, 0.15) is 6.54 Å². The average Bonchev–Trinajstić information content (AvgIpc) is 2.88. The lowest BCUT2D eigenvalue weighted by Gasteiger charge is -2.29. The molecule has 0 saturated carbocycles. The van der Waals surface area contributed by atoms with Gasteiger partial charge in [0.2, 0.25) is 5.91 Å². The minimum absolute atomic E-state index is 0.0253. The highest BCUT2D eigenvalue weighted by Gasteiger charge is 2.29. The van der Waals surface area contributed by atoms with Crippen molar-refractivity contribution in [2.45, 2.75) is 18.0 Å². The van der Waals surface area contributed by atoms with Crippen LogP contribution in [0.3, 0.4) is 0 Å². The Morgan fingerprint density at radius 2 is 1.22 bits per heavy atom. The molecule has 0 bridgehead atoms. The second-order valence-corrected chi connectivity index (χ2v) is 10.9. The van der Waals surface area contributed by atoms with Gasteiger partial charge in [0, 0.05) is 23.1 Å². The molecule has 0 aliphatic carbocycles. The van der Waals surface area contributed by atoms with E-state index in [4.69, 9.17) is 23.2 Å². The molecule has 0 aliphatic rings. The van der Waals surface area contributed by atoms with Crippen LogP contribution in [0.5, 0.6) is 0 Å². The first-order valence-electron chi connectivity index (χ1n) is 11.2. The topological polar surface area (TPSA) is 57.7 Å². The summed E-state index contributed by atoms with van der Waals surface area (Å²) in [6.45, 7) is 0.267. The Balaban J connectivity index is 1.70. The van der Waals surface area contributed by atoms with E-state index >= 15 is 0 Å². The van der Waals surface area contributed by atoms with Gasteiger partial charge in [-0.3, -0.25) is 9.10 Å². The highest BCUT2D eigenvalue weighted by Crippen LogP contribution is 2.27. The summed E-state index contributed by atoms with van der Waals surface area (Å²) in [5.41, 5.74) is 2.18. The fourth-order valence-corrected chi connectivity index (χ4v) is 5.46. The molecule has 4 aromatic rings. The summed E-state index contributed by atoms with van der Waals surface area (Å²) in [5.74, 6) is -0.347. The number of carbonyl (C=O) groups is 1. The molecule has 8 heteroatoms. The van der Waals surface area contributed by atoms with Crippen LogP contribution in [-0.2, 0) is 27.9 Å². The van der Waals surface area contributed by atoms with Crippen molar-refractivity contribution in [2.75, 3.05) is 10.8 Å². The molecule has 0 spiro atoms. The quantitative estimate of drug-likeness (QED) is 0.247. The molecule has 0 aromatic heterocycles. The molecule has 0 atom stereocenters. The van der Waals surface area contributed by atoms with Crippen LogP contribution in [0.2, 0.25) is 10.0 Å². The van der Waals surface area contributed by atoms with Crippen LogP contribution in [0.4, 0.5) is 5.69 Å². The van der Waals surface area contributed by atoms with E-state index in [0.717, 1.165) is 15.4 Å². The van der Waals surface area contributed by atoms with Gasteiger partial charge in [-0.15, -0.1) is 0 Å². The number of nitrogens with zero attached hydrogens (tertiary/aromatic N) is 2. The Morgan fingerprint density at radius 1 is 0.667 bits per heavy atom. The first-order valence-corrected chi connectivity index (χ1v) is 13.4. The SMILES string of the molecule is O=C(CN(c1cccc(Cl)c1)S(=O)(=O)c1ccc(Cl)cc1)N(Cc1ccccc1)Cc1ccccc1. The first-order chi connectivity index (χ1) is 17.3. The van der Waals surface area contributed by atoms with E-state index < -0.39 is 16.6 Å². The third-order valence-corrected chi connectivity index (χ3v) is 7.84. The Bertz CT molecular complexity index is 1370. The zero-order valence-electron chi connectivity index (χ0n) is 19.3. The zero-order valence-corrected chi connectivity index (χ0v) is 21.6. The molecule has 0 saturated heterocycles. The lowest BCUT2D eigenvalue weighted by molar-refractivity contribution is -0.130. The van der Waals surface area contributed by atoms with Crippen LogP contribution in [0.1, 0.15) is 11.1 Å². The number of hydrogen-bond acceptors (Lipinski definition) is 3. The van der Waals surface area contributed by atoms with Crippen molar-refractivity contribution in [2.24, 2.45) is 0 Å². The molecule has 5 nitrogen and oxygen atoms in total. The number of hydrogen-bond donors (Lipinski definition) is 0. The third kappa shape index (κ3) is 6.46. The predicted molar refractivity (Wildman–Crippen MR) is 145 cm³/mol. The minimum Gasteiger partial charge on any atom is -0.332 e. The molecule has 184 valence electrons. The second-order valence-electron chi connectivity index (χ2n) is 8.17. The maximum Gasteiger partial charge on any atom is 0.264 e. The second kappa shape index (κ2) is 11.6. The largest absolute Gasteiger partial charge is 0.332 e. The van der Waals surface area contributed by atoms with E-state index in [2.05, 4.69) is 0 Å². The number of benzene rings is 4. The summed E-state index contributed by atoms with van der Waals surface area (Å²) < 4.78 is 28.5. The van der Waals surface area contributed by atoms with Gasteiger partial charge in [0.05, 0.1) is 10.6 Å². The summed E-state index contributed by atoms with van der Waals surface area (Å²) in [6, 6.07) is 31.5. The van der Waals surface area contributed by atoms with Gasteiger partial charge in [0.25, 0.3) is 10.0 Å². The monoisotopic (exact) mass is 538 g/mol. The van der Waals surface area contributed by atoms with Gasteiger partial charge in [-0.25, -0.2) is 8.42 Å². The molecule has 0 N–H and O–H groups in total. The van der Waals surface area contributed by atoms with Gasteiger partial charge < -0.3 is 4.90 Å². The Hall–Kier alpha value is -3.32. The van der Waals surface area contributed by atoms with Gasteiger partial charge in [-0.05, 0) is 53.6 Å². The third-order valence-electron chi connectivity index (χ3n) is 5.56. The van der Waals surface area contributed by atoms with Crippen molar-refractivity contribution in [3.05, 3.63) is 130 Å². The molecule has 1 amide bonds. The van der Waals surface area contributed by atoms with E-state index in [1.165, 1.54) is 30.3 Å². The minimum atomic E-state index is -4.09. The van der Waals surface area contributed by atoms with Crippen LogP contribution < -0.4 is 4.31 Å². The van der Waals surface area contributed by atoms with Crippen molar-refractivity contribution < 1.29 is 13.2 Å². The number of anilines is 1. The van der Waals surface area contributed by atoms with Crippen molar-refractivity contribution in [3.8, 4) is 0 Å². The number of sulfonamides is 1. The van der Waals surface area contributed by atoms with Gasteiger partial charge in [0.15, 0.2) is 0 Å². The Kier molecular flexibility index (Phi) is 8.31.